The van der Waals surface area contributed by atoms with E-state index in [-0.39, 0.29) is 5.92 Å². The van der Waals surface area contributed by atoms with Gasteiger partial charge in [-0.15, -0.1) is 0 Å². The Morgan fingerprint density at radius 2 is 1.75 bits per heavy atom. The highest BCUT2D eigenvalue weighted by atomic mass is 16.3. The molecule has 0 aromatic heterocycles. The molecule has 0 radical (unpaired) electrons. The summed E-state index contributed by atoms with van der Waals surface area (Å²) in [6, 6.07) is 9.82. The Morgan fingerprint density at radius 3 is 2.25 bits per heavy atom. The second-order valence-electron chi connectivity index (χ2n) is 3.31. The van der Waals surface area contributed by atoms with Crippen molar-refractivity contribution in [1.82, 2.24) is 0 Å². The highest BCUT2D eigenvalue weighted by Gasteiger charge is 2.39. The zero-order valence-corrected chi connectivity index (χ0v) is 6.72. The van der Waals surface area contributed by atoms with Crippen molar-refractivity contribution in [3.63, 3.8) is 0 Å². The van der Waals surface area contributed by atoms with E-state index < -0.39 is 12.2 Å². The third kappa shape index (κ3) is 1.13. The van der Waals surface area contributed by atoms with Gasteiger partial charge in [-0.25, -0.2) is 0 Å². The highest BCUT2D eigenvalue weighted by Crippen LogP contribution is 2.36. The van der Waals surface area contributed by atoms with Crippen molar-refractivity contribution in [1.29, 1.82) is 0 Å². The van der Waals surface area contributed by atoms with Gasteiger partial charge in [0.25, 0.3) is 0 Å². The number of hydrogen-bond donors (Lipinski definition) is 2. The second-order valence-corrected chi connectivity index (χ2v) is 3.31. The van der Waals surface area contributed by atoms with Crippen molar-refractivity contribution >= 4 is 0 Å². The molecule has 64 valence electrons. The first-order chi connectivity index (χ1) is 5.79. The Bertz CT molecular complexity index is 258. The molecule has 1 unspecified atom stereocenters. The number of rotatable bonds is 1. The molecule has 1 saturated carbocycles. The van der Waals surface area contributed by atoms with E-state index in [4.69, 9.17) is 5.11 Å². The average molecular weight is 164 g/mol. The fourth-order valence-corrected chi connectivity index (χ4v) is 1.64. The molecule has 3 atom stereocenters. The van der Waals surface area contributed by atoms with Gasteiger partial charge in [0, 0.05) is 5.92 Å². The average Bonchev–Trinajstić information content (AvgIpc) is 2.15. The first-order valence-corrected chi connectivity index (χ1v) is 4.20. The Kier molecular flexibility index (Phi) is 1.87. The molecule has 1 aliphatic rings. The largest absolute Gasteiger partial charge is 0.390 e. The zero-order chi connectivity index (χ0) is 8.55. The summed E-state index contributed by atoms with van der Waals surface area (Å²) in [6.07, 6.45) is -0.395. The third-order valence-electron chi connectivity index (χ3n) is 2.53. The number of hydrogen-bond acceptors (Lipinski definition) is 2. The van der Waals surface area contributed by atoms with Crippen LogP contribution in [0.4, 0.5) is 0 Å². The molecule has 0 saturated heterocycles. The maximum atomic E-state index is 9.38. The third-order valence-corrected chi connectivity index (χ3v) is 2.53. The number of aliphatic hydroxyl groups excluding tert-OH is 2. The van der Waals surface area contributed by atoms with Crippen molar-refractivity contribution in [2.24, 2.45) is 0 Å². The summed E-state index contributed by atoms with van der Waals surface area (Å²) in [5.74, 6) is 0.140. The van der Waals surface area contributed by atoms with E-state index in [9.17, 15) is 5.11 Å². The van der Waals surface area contributed by atoms with E-state index in [0.29, 0.717) is 6.42 Å². The molecule has 0 amide bonds. The standard InChI is InChI=1S/C10H12O2/c11-9-6-8(10(9)12)7-4-2-1-3-5-7/h1-5,8-12H,6H2/t8?,9-,10+/m1/s1. The fourth-order valence-electron chi connectivity index (χ4n) is 1.64. The lowest BCUT2D eigenvalue weighted by Crippen LogP contribution is -2.44. The van der Waals surface area contributed by atoms with Crippen LogP contribution in [0.25, 0.3) is 0 Å². The fraction of sp³-hybridized carbons (Fsp3) is 0.400. The van der Waals surface area contributed by atoms with Gasteiger partial charge in [0.15, 0.2) is 0 Å². The molecule has 0 aliphatic heterocycles. The highest BCUT2D eigenvalue weighted by molar-refractivity contribution is 5.24. The molecule has 0 spiro atoms. The summed E-state index contributed by atoms with van der Waals surface area (Å²) in [7, 11) is 0. The topological polar surface area (TPSA) is 40.5 Å². The van der Waals surface area contributed by atoms with E-state index >= 15 is 0 Å². The predicted molar refractivity (Wildman–Crippen MR) is 45.8 cm³/mol. The molecule has 1 aromatic rings. The molecule has 2 nitrogen and oxygen atoms in total. The SMILES string of the molecule is O[C@@H]1CC(c2ccccc2)[C@@H]1O. The molecule has 0 heterocycles. The van der Waals surface area contributed by atoms with E-state index in [0.717, 1.165) is 5.56 Å². The summed E-state index contributed by atoms with van der Waals surface area (Å²) in [5, 5.41) is 18.5. The quantitative estimate of drug-likeness (QED) is 0.647. The monoisotopic (exact) mass is 164 g/mol. The van der Waals surface area contributed by atoms with Crippen molar-refractivity contribution in [3.05, 3.63) is 35.9 Å². The molecular weight excluding hydrogens is 152 g/mol. The minimum Gasteiger partial charge on any atom is -0.390 e. The molecule has 2 rings (SSSR count). The summed E-state index contributed by atoms with van der Waals surface area (Å²) < 4.78 is 0. The molecule has 12 heavy (non-hydrogen) atoms. The molecule has 1 fully saturated rings. The van der Waals surface area contributed by atoms with Crippen molar-refractivity contribution in [2.75, 3.05) is 0 Å². The van der Waals surface area contributed by atoms with Crippen LogP contribution in [0.15, 0.2) is 30.3 Å². The Hall–Kier alpha value is -0.860. The Morgan fingerprint density at radius 1 is 1.08 bits per heavy atom. The first-order valence-electron chi connectivity index (χ1n) is 4.20. The van der Waals surface area contributed by atoms with Gasteiger partial charge in [-0.1, -0.05) is 30.3 Å². The van der Waals surface area contributed by atoms with E-state index in [1.54, 1.807) is 0 Å². The minimum atomic E-state index is -0.563. The van der Waals surface area contributed by atoms with Gasteiger partial charge in [0.2, 0.25) is 0 Å². The van der Waals surface area contributed by atoms with Crippen LogP contribution in [0, 0.1) is 0 Å². The van der Waals surface area contributed by atoms with Crippen LogP contribution >= 0.6 is 0 Å². The lowest BCUT2D eigenvalue weighted by Gasteiger charge is -2.38. The van der Waals surface area contributed by atoms with Crippen LogP contribution in [0.3, 0.4) is 0 Å². The maximum Gasteiger partial charge on any atom is 0.0868 e. The predicted octanol–water partition coefficient (Wildman–Crippen LogP) is 0.896. The molecule has 2 heteroatoms. The number of benzene rings is 1. The Labute approximate surface area is 71.5 Å². The first kappa shape index (κ1) is 7.77. The summed E-state index contributed by atoms with van der Waals surface area (Å²) in [4.78, 5) is 0. The maximum absolute atomic E-state index is 9.38. The van der Waals surface area contributed by atoms with Crippen LogP contribution in [0.2, 0.25) is 0 Å². The van der Waals surface area contributed by atoms with Gasteiger partial charge >= 0.3 is 0 Å². The summed E-state index contributed by atoms with van der Waals surface area (Å²) >= 11 is 0. The van der Waals surface area contributed by atoms with Gasteiger partial charge in [-0.2, -0.15) is 0 Å². The second kappa shape index (κ2) is 2.88. The van der Waals surface area contributed by atoms with Gasteiger partial charge in [-0.3, -0.25) is 0 Å². The molecular formula is C10H12O2. The van der Waals surface area contributed by atoms with Gasteiger partial charge < -0.3 is 10.2 Å². The smallest absolute Gasteiger partial charge is 0.0868 e. The van der Waals surface area contributed by atoms with Gasteiger partial charge in [0.1, 0.15) is 0 Å². The lowest BCUT2D eigenvalue weighted by atomic mass is 9.75. The van der Waals surface area contributed by atoms with E-state index in [1.807, 2.05) is 30.3 Å². The summed E-state index contributed by atoms with van der Waals surface area (Å²) in [6.45, 7) is 0. The van der Waals surface area contributed by atoms with Crippen LogP contribution in [0.5, 0.6) is 0 Å². The van der Waals surface area contributed by atoms with Gasteiger partial charge in [-0.05, 0) is 12.0 Å². The Balaban J connectivity index is 2.13. The van der Waals surface area contributed by atoms with Crippen molar-refractivity contribution in [3.8, 4) is 0 Å². The van der Waals surface area contributed by atoms with Gasteiger partial charge in [0.05, 0.1) is 12.2 Å². The van der Waals surface area contributed by atoms with Crippen LogP contribution in [-0.2, 0) is 0 Å². The lowest BCUT2D eigenvalue weighted by molar-refractivity contribution is -0.0718. The number of aliphatic hydroxyl groups is 2. The van der Waals surface area contributed by atoms with E-state index in [2.05, 4.69) is 0 Å². The normalized spacial score (nSPS) is 34.3. The zero-order valence-electron chi connectivity index (χ0n) is 6.72. The van der Waals surface area contributed by atoms with Crippen molar-refractivity contribution < 1.29 is 10.2 Å². The minimum absolute atomic E-state index is 0.140. The molecule has 0 bridgehead atoms. The summed E-state index contributed by atoms with van der Waals surface area (Å²) in [5.41, 5.74) is 1.12. The van der Waals surface area contributed by atoms with E-state index in [1.165, 1.54) is 0 Å². The van der Waals surface area contributed by atoms with Crippen LogP contribution in [0.1, 0.15) is 17.9 Å². The van der Waals surface area contributed by atoms with Crippen molar-refractivity contribution in [2.45, 2.75) is 24.5 Å². The molecule has 1 aromatic carbocycles. The van der Waals surface area contributed by atoms with Crippen LogP contribution < -0.4 is 0 Å². The van der Waals surface area contributed by atoms with Crippen LogP contribution in [-0.4, -0.2) is 22.4 Å². The molecule has 1 aliphatic carbocycles. The molecule has 2 N–H and O–H groups in total.